The molecule has 1 rings (SSSR count). The third kappa shape index (κ3) is 6.89. The number of amides is 1. The van der Waals surface area contributed by atoms with E-state index in [4.69, 9.17) is 10.4 Å². The topological polar surface area (TPSA) is 76.4 Å². The van der Waals surface area contributed by atoms with Gasteiger partial charge in [0.05, 0.1) is 18.2 Å². The van der Waals surface area contributed by atoms with Crippen LogP contribution in [0.2, 0.25) is 0 Å². The molecule has 0 heterocycles. The first-order chi connectivity index (χ1) is 10.2. The van der Waals surface area contributed by atoms with Gasteiger partial charge in [-0.2, -0.15) is 5.26 Å². The number of anilines is 1. The van der Waals surface area contributed by atoms with E-state index in [1.807, 2.05) is 6.07 Å². The predicted molar refractivity (Wildman–Crippen MR) is 82.8 cm³/mol. The molecule has 2 N–H and O–H groups in total. The van der Waals surface area contributed by atoms with E-state index in [1.165, 1.54) is 0 Å². The lowest BCUT2D eigenvalue weighted by Crippen LogP contribution is -2.29. The summed E-state index contributed by atoms with van der Waals surface area (Å²) in [5, 5.41) is 20.5. The molecule has 0 aliphatic rings. The van der Waals surface area contributed by atoms with Gasteiger partial charge in [-0.1, -0.05) is 6.92 Å². The smallest absolute Gasteiger partial charge is 0.224 e. The minimum atomic E-state index is -0.0276. The van der Waals surface area contributed by atoms with Gasteiger partial charge in [0, 0.05) is 18.7 Å². The Bertz CT molecular complexity index is 459. The van der Waals surface area contributed by atoms with E-state index >= 15 is 0 Å². The number of aliphatic hydroxyl groups excluding tert-OH is 1. The molecule has 114 valence electrons. The van der Waals surface area contributed by atoms with Crippen LogP contribution in [-0.2, 0) is 4.79 Å². The van der Waals surface area contributed by atoms with Crippen molar-refractivity contribution in [2.24, 2.45) is 0 Å². The average molecular weight is 289 g/mol. The summed E-state index contributed by atoms with van der Waals surface area (Å²) >= 11 is 0. The van der Waals surface area contributed by atoms with Gasteiger partial charge in [0.2, 0.25) is 5.91 Å². The molecule has 1 aromatic carbocycles. The normalized spacial score (nSPS) is 10.4. The lowest BCUT2D eigenvalue weighted by atomic mass is 10.2. The molecule has 0 spiro atoms. The zero-order valence-electron chi connectivity index (χ0n) is 12.5. The first-order valence-electron chi connectivity index (χ1n) is 7.32. The molecule has 0 saturated heterocycles. The fourth-order valence-electron chi connectivity index (χ4n) is 2.11. The minimum absolute atomic E-state index is 0.0276. The summed E-state index contributed by atoms with van der Waals surface area (Å²) in [5.41, 5.74) is 1.28. The van der Waals surface area contributed by atoms with Crippen molar-refractivity contribution < 1.29 is 9.90 Å². The molecule has 21 heavy (non-hydrogen) atoms. The SMILES string of the molecule is CCCN(CCO)CCCC(=O)Nc1ccc(C#N)cc1. The molecule has 0 radical (unpaired) electrons. The molecule has 0 aromatic heterocycles. The van der Waals surface area contributed by atoms with Crippen LogP contribution in [0.4, 0.5) is 5.69 Å². The number of hydrogen-bond donors (Lipinski definition) is 2. The van der Waals surface area contributed by atoms with Gasteiger partial charge in [0.1, 0.15) is 0 Å². The highest BCUT2D eigenvalue weighted by molar-refractivity contribution is 5.90. The molecule has 1 aromatic rings. The van der Waals surface area contributed by atoms with Crippen LogP contribution >= 0.6 is 0 Å². The molecule has 0 fully saturated rings. The number of benzene rings is 1. The standard InChI is InChI=1S/C16H23N3O2/c1-2-9-19(11-12-20)10-3-4-16(21)18-15-7-5-14(13-17)6-8-15/h5-8,20H,2-4,9-12H2,1H3,(H,18,21). The summed E-state index contributed by atoms with van der Waals surface area (Å²) in [6.45, 7) is 4.66. The second-order valence-corrected chi connectivity index (χ2v) is 4.91. The van der Waals surface area contributed by atoms with Crippen LogP contribution in [0.3, 0.4) is 0 Å². The summed E-state index contributed by atoms with van der Waals surface area (Å²) in [4.78, 5) is 14.0. The Morgan fingerprint density at radius 1 is 1.29 bits per heavy atom. The Balaban J connectivity index is 2.31. The fraction of sp³-hybridized carbons (Fsp3) is 0.500. The van der Waals surface area contributed by atoms with Crippen LogP contribution in [0.5, 0.6) is 0 Å². The largest absolute Gasteiger partial charge is 0.395 e. The molecule has 1 amide bonds. The molecule has 0 bridgehead atoms. The third-order valence-corrected chi connectivity index (χ3v) is 3.13. The molecule has 0 saturated carbocycles. The Morgan fingerprint density at radius 2 is 2.00 bits per heavy atom. The third-order valence-electron chi connectivity index (χ3n) is 3.13. The van der Waals surface area contributed by atoms with Crippen molar-refractivity contribution in [3.63, 3.8) is 0 Å². The second kappa shape index (κ2) is 9.92. The van der Waals surface area contributed by atoms with Gasteiger partial charge in [0.25, 0.3) is 0 Å². The van der Waals surface area contributed by atoms with Gasteiger partial charge < -0.3 is 15.3 Å². The summed E-state index contributed by atoms with van der Waals surface area (Å²) < 4.78 is 0. The maximum Gasteiger partial charge on any atom is 0.224 e. The number of carbonyl (C=O) groups excluding carboxylic acids is 1. The Morgan fingerprint density at radius 3 is 2.57 bits per heavy atom. The van der Waals surface area contributed by atoms with Gasteiger partial charge in [-0.25, -0.2) is 0 Å². The number of carbonyl (C=O) groups is 1. The van der Waals surface area contributed by atoms with E-state index in [9.17, 15) is 4.79 Å². The van der Waals surface area contributed by atoms with Gasteiger partial charge in [-0.05, 0) is 50.2 Å². The zero-order valence-corrected chi connectivity index (χ0v) is 12.5. The number of nitrogens with one attached hydrogen (secondary N) is 1. The van der Waals surface area contributed by atoms with Crippen LogP contribution in [0.1, 0.15) is 31.7 Å². The lowest BCUT2D eigenvalue weighted by Gasteiger charge is -2.20. The van der Waals surface area contributed by atoms with Crippen molar-refractivity contribution in [3.05, 3.63) is 29.8 Å². The Labute approximate surface area is 126 Å². The summed E-state index contributed by atoms with van der Waals surface area (Å²) in [6.07, 6.45) is 2.26. The minimum Gasteiger partial charge on any atom is -0.395 e. The number of nitriles is 1. The molecular formula is C16H23N3O2. The monoisotopic (exact) mass is 289 g/mol. The maximum atomic E-state index is 11.8. The summed E-state index contributed by atoms with van der Waals surface area (Å²) in [7, 11) is 0. The predicted octanol–water partition coefficient (Wildman–Crippen LogP) is 1.98. The van der Waals surface area contributed by atoms with Gasteiger partial charge in [-0.3, -0.25) is 4.79 Å². The van der Waals surface area contributed by atoms with Crippen LogP contribution in [0.25, 0.3) is 0 Å². The fourth-order valence-corrected chi connectivity index (χ4v) is 2.11. The van der Waals surface area contributed by atoms with E-state index in [-0.39, 0.29) is 12.5 Å². The zero-order chi connectivity index (χ0) is 15.5. The van der Waals surface area contributed by atoms with Crippen molar-refractivity contribution >= 4 is 11.6 Å². The molecule has 0 aliphatic carbocycles. The van der Waals surface area contributed by atoms with Crippen molar-refractivity contribution in [2.75, 3.05) is 31.6 Å². The van der Waals surface area contributed by atoms with Crippen molar-refractivity contribution in [2.45, 2.75) is 26.2 Å². The second-order valence-electron chi connectivity index (χ2n) is 4.91. The Kier molecular flexibility index (Phi) is 8.10. The first kappa shape index (κ1) is 17.2. The van der Waals surface area contributed by atoms with E-state index in [0.29, 0.717) is 24.2 Å². The molecule has 5 nitrogen and oxygen atoms in total. The van der Waals surface area contributed by atoms with Gasteiger partial charge in [0.15, 0.2) is 0 Å². The summed E-state index contributed by atoms with van der Waals surface area (Å²) in [6, 6.07) is 8.86. The van der Waals surface area contributed by atoms with Crippen LogP contribution in [-0.4, -0.2) is 42.2 Å². The molecule has 0 atom stereocenters. The molecule has 5 heteroatoms. The highest BCUT2D eigenvalue weighted by Crippen LogP contribution is 2.09. The highest BCUT2D eigenvalue weighted by Gasteiger charge is 2.06. The van der Waals surface area contributed by atoms with Crippen LogP contribution in [0.15, 0.2) is 24.3 Å². The van der Waals surface area contributed by atoms with Crippen LogP contribution in [0, 0.1) is 11.3 Å². The van der Waals surface area contributed by atoms with E-state index in [2.05, 4.69) is 17.1 Å². The number of nitrogens with zero attached hydrogens (tertiary/aromatic N) is 2. The number of rotatable bonds is 9. The van der Waals surface area contributed by atoms with Crippen LogP contribution < -0.4 is 5.32 Å². The van der Waals surface area contributed by atoms with Gasteiger partial charge in [-0.15, -0.1) is 0 Å². The van der Waals surface area contributed by atoms with E-state index < -0.39 is 0 Å². The van der Waals surface area contributed by atoms with Crippen molar-refractivity contribution in [3.8, 4) is 6.07 Å². The Hall–Kier alpha value is -1.90. The quantitative estimate of drug-likeness (QED) is 0.729. The molecule has 0 aliphatic heterocycles. The number of aliphatic hydroxyl groups is 1. The maximum absolute atomic E-state index is 11.8. The van der Waals surface area contributed by atoms with E-state index in [0.717, 1.165) is 25.9 Å². The molecular weight excluding hydrogens is 266 g/mol. The van der Waals surface area contributed by atoms with Crippen molar-refractivity contribution in [1.29, 1.82) is 5.26 Å². The number of hydrogen-bond acceptors (Lipinski definition) is 4. The van der Waals surface area contributed by atoms with Gasteiger partial charge >= 0.3 is 0 Å². The molecule has 0 unspecified atom stereocenters. The lowest BCUT2D eigenvalue weighted by molar-refractivity contribution is -0.116. The van der Waals surface area contributed by atoms with E-state index in [1.54, 1.807) is 24.3 Å². The summed E-state index contributed by atoms with van der Waals surface area (Å²) in [5.74, 6) is -0.0276. The highest BCUT2D eigenvalue weighted by atomic mass is 16.3. The first-order valence-corrected chi connectivity index (χ1v) is 7.32. The average Bonchev–Trinajstić information content (AvgIpc) is 2.48. The van der Waals surface area contributed by atoms with Crippen molar-refractivity contribution in [1.82, 2.24) is 4.90 Å².